The van der Waals surface area contributed by atoms with E-state index in [4.69, 9.17) is 10.5 Å². The van der Waals surface area contributed by atoms with Crippen molar-refractivity contribution in [2.45, 2.75) is 32.2 Å². The maximum absolute atomic E-state index is 11.6. The van der Waals surface area contributed by atoms with Gasteiger partial charge in [-0.15, -0.1) is 0 Å². The second-order valence-electron chi connectivity index (χ2n) is 4.81. The van der Waals surface area contributed by atoms with Gasteiger partial charge in [-0.25, -0.2) is 0 Å². The summed E-state index contributed by atoms with van der Waals surface area (Å²) in [5.41, 5.74) is 6.59. The van der Waals surface area contributed by atoms with E-state index in [1.165, 1.54) is 4.90 Å². The van der Waals surface area contributed by atoms with Crippen LogP contribution in [0.1, 0.15) is 31.2 Å². The number of piperidine rings is 1. The molecule has 0 radical (unpaired) electrons. The third-order valence-corrected chi connectivity index (χ3v) is 3.36. The van der Waals surface area contributed by atoms with Gasteiger partial charge >= 0.3 is 0 Å². The zero-order valence-corrected chi connectivity index (χ0v) is 11.5. The molecule has 0 spiro atoms. The molecule has 2 N–H and O–H groups in total. The lowest BCUT2D eigenvalue weighted by atomic mass is 10.1. The van der Waals surface area contributed by atoms with Crippen LogP contribution in [0, 0.1) is 0 Å². The van der Waals surface area contributed by atoms with E-state index in [2.05, 4.69) is 0 Å². The highest BCUT2D eigenvalue weighted by Gasteiger charge is 2.24. The van der Waals surface area contributed by atoms with Crippen molar-refractivity contribution in [1.82, 2.24) is 4.90 Å². The number of rotatable bonds is 6. The molecule has 1 aromatic carbocycles. The molecule has 1 fully saturated rings. The van der Waals surface area contributed by atoms with Crippen LogP contribution >= 0.6 is 0 Å². The van der Waals surface area contributed by atoms with Gasteiger partial charge in [0.25, 0.3) is 0 Å². The van der Waals surface area contributed by atoms with E-state index in [0.29, 0.717) is 45.4 Å². The number of hydrogen-bond donors (Lipinski definition) is 1. The lowest BCUT2D eigenvalue weighted by Crippen LogP contribution is -2.41. The van der Waals surface area contributed by atoms with Crippen LogP contribution in [0.3, 0.4) is 0 Å². The van der Waals surface area contributed by atoms with Gasteiger partial charge in [0, 0.05) is 31.5 Å². The van der Waals surface area contributed by atoms with Crippen LogP contribution < -0.4 is 10.5 Å². The summed E-state index contributed by atoms with van der Waals surface area (Å²) in [6.07, 6.45) is 2.26. The summed E-state index contributed by atoms with van der Waals surface area (Å²) < 4.78 is 5.66. The molecule has 20 heavy (non-hydrogen) atoms. The zero-order chi connectivity index (χ0) is 14.4. The molecule has 0 bridgehead atoms. The Morgan fingerprint density at radius 3 is 2.55 bits per heavy atom. The first kappa shape index (κ1) is 14.5. The van der Waals surface area contributed by atoms with Gasteiger partial charge in [-0.05, 0) is 18.9 Å². The fourth-order valence-electron chi connectivity index (χ4n) is 2.27. The van der Waals surface area contributed by atoms with Crippen LogP contribution in [0.2, 0.25) is 0 Å². The van der Waals surface area contributed by atoms with Gasteiger partial charge in [0.1, 0.15) is 5.75 Å². The normalized spacial score (nSPS) is 15.6. The van der Waals surface area contributed by atoms with Crippen molar-refractivity contribution in [1.29, 1.82) is 0 Å². The maximum atomic E-state index is 11.6. The Bertz CT molecular complexity index is 472. The van der Waals surface area contributed by atoms with Crippen molar-refractivity contribution in [2.24, 2.45) is 5.73 Å². The molecule has 0 aliphatic carbocycles. The van der Waals surface area contributed by atoms with Crippen molar-refractivity contribution in [3.63, 3.8) is 0 Å². The predicted octanol–water partition coefficient (Wildman–Crippen LogP) is 1.45. The average Bonchev–Trinajstić information content (AvgIpc) is 2.46. The number of nitrogens with zero attached hydrogens (tertiary/aromatic N) is 1. The first-order chi connectivity index (χ1) is 9.72. The monoisotopic (exact) mass is 276 g/mol. The first-order valence-electron chi connectivity index (χ1n) is 6.96. The Labute approximate surface area is 118 Å². The highest BCUT2D eigenvalue weighted by atomic mass is 16.5. The number of para-hydroxylation sites is 1. The standard InChI is InChI=1S/C15H20N2O3/c16-11-12-5-1-2-6-13(12)20-10-4-9-17-14(18)7-3-8-15(17)19/h1-2,5-6H,3-4,7-11,16H2. The lowest BCUT2D eigenvalue weighted by Gasteiger charge is -2.24. The van der Waals surface area contributed by atoms with Gasteiger partial charge in [0.2, 0.25) is 11.8 Å². The number of imide groups is 1. The van der Waals surface area contributed by atoms with Crippen LogP contribution in [0.25, 0.3) is 0 Å². The van der Waals surface area contributed by atoms with Gasteiger partial charge in [-0.2, -0.15) is 0 Å². The van der Waals surface area contributed by atoms with E-state index < -0.39 is 0 Å². The molecule has 0 saturated carbocycles. The van der Waals surface area contributed by atoms with Gasteiger partial charge < -0.3 is 10.5 Å². The molecule has 1 heterocycles. The fraction of sp³-hybridized carbons (Fsp3) is 0.467. The van der Waals surface area contributed by atoms with E-state index in [0.717, 1.165) is 11.3 Å². The van der Waals surface area contributed by atoms with Crippen LogP contribution in [-0.4, -0.2) is 29.9 Å². The number of amides is 2. The van der Waals surface area contributed by atoms with E-state index in [1.54, 1.807) is 0 Å². The largest absolute Gasteiger partial charge is 0.493 e. The number of ether oxygens (including phenoxy) is 1. The molecule has 0 aromatic heterocycles. The van der Waals surface area contributed by atoms with Crippen molar-refractivity contribution in [3.05, 3.63) is 29.8 Å². The van der Waals surface area contributed by atoms with Gasteiger partial charge in [0.05, 0.1) is 6.61 Å². The highest BCUT2D eigenvalue weighted by Crippen LogP contribution is 2.17. The van der Waals surface area contributed by atoms with Crippen molar-refractivity contribution >= 4 is 11.8 Å². The molecular weight excluding hydrogens is 256 g/mol. The van der Waals surface area contributed by atoms with Crippen LogP contribution in [0.4, 0.5) is 0 Å². The topological polar surface area (TPSA) is 72.6 Å². The summed E-state index contributed by atoms with van der Waals surface area (Å²) in [6.45, 7) is 1.33. The minimum Gasteiger partial charge on any atom is -0.493 e. The zero-order valence-electron chi connectivity index (χ0n) is 11.5. The molecular formula is C15H20N2O3. The van der Waals surface area contributed by atoms with Crippen molar-refractivity contribution in [2.75, 3.05) is 13.2 Å². The SMILES string of the molecule is NCc1ccccc1OCCCN1C(=O)CCCC1=O. The smallest absolute Gasteiger partial charge is 0.229 e. The Morgan fingerprint density at radius 2 is 1.85 bits per heavy atom. The van der Waals surface area contributed by atoms with Crippen molar-refractivity contribution < 1.29 is 14.3 Å². The summed E-state index contributed by atoms with van der Waals surface area (Å²) in [5.74, 6) is 0.638. The van der Waals surface area contributed by atoms with Crippen LogP contribution in [0.15, 0.2) is 24.3 Å². The molecule has 0 atom stereocenters. The van der Waals surface area contributed by atoms with E-state index in [9.17, 15) is 9.59 Å². The third kappa shape index (κ3) is 3.57. The predicted molar refractivity (Wildman–Crippen MR) is 75.0 cm³/mol. The van der Waals surface area contributed by atoms with Gasteiger partial charge in [-0.3, -0.25) is 14.5 Å². The van der Waals surface area contributed by atoms with Crippen LogP contribution in [0.5, 0.6) is 5.75 Å². The lowest BCUT2D eigenvalue weighted by molar-refractivity contribution is -0.148. The number of carbonyl (C=O) groups excluding carboxylic acids is 2. The first-order valence-corrected chi connectivity index (χ1v) is 6.96. The Morgan fingerprint density at radius 1 is 1.15 bits per heavy atom. The number of nitrogens with two attached hydrogens (primary N) is 1. The summed E-state index contributed by atoms with van der Waals surface area (Å²) in [4.78, 5) is 24.6. The number of likely N-dealkylation sites (tertiary alicyclic amines) is 1. The Hall–Kier alpha value is -1.88. The third-order valence-electron chi connectivity index (χ3n) is 3.36. The molecule has 1 aromatic rings. The van der Waals surface area contributed by atoms with Gasteiger partial charge in [0.15, 0.2) is 0 Å². The molecule has 2 rings (SSSR count). The van der Waals surface area contributed by atoms with E-state index >= 15 is 0 Å². The minimum absolute atomic E-state index is 0.0661. The summed E-state index contributed by atoms with van der Waals surface area (Å²) in [6, 6.07) is 7.61. The second kappa shape index (κ2) is 7.05. The number of benzene rings is 1. The fourth-order valence-corrected chi connectivity index (χ4v) is 2.27. The van der Waals surface area contributed by atoms with Crippen molar-refractivity contribution in [3.8, 4) is 5.75 Å². The molecule has 1 aliphatic heterocycles. The van der Waals surface area contributed by atoms with Crippen LogP contribution in [-0.2, 0) is 16.1 Å². The molecule has 1 aliphatic rings. The maximum Gasteiger partial charge on any atom is 0.229 e. The highest BCUT2D eigenvalue weighted by molar-refractivity contribution is 5.97. The minimum atomic E-state index is -0.0661. The summed E-state index contributed by atoms with van der Waals surface area (Å²) >= 11 is 0. The Balaban J connectivity index is 1.78. The molecule has 108 valence electrons. The molecule has 2 amide bonds. The second-order valence-corrected chi connectivity index (χ2v) is 4.81. The average molecular weight is 276 g/mol. The van der Waals surface area contributed by atoms with E-state index in [-0.39, 0.29) is 11.8 Å². The summed E-state index contributed by atoms with van der Waals surface area (Å²) in [7, 11) is 0. The molecule has 0 unspecified atom stereocenters. The summed E-state index contributed by atoms with van der Waals surface area (Å²) in [5, 5.41) is 0. The molecule has 1 saturated heterocycles. The Kier molecular flexibility index (Phi) is 5.12. The van der Waals surface area contributed by atoms with Gasteiger partial charge in [-0.1, -0.05) is 18.2 Å². The number of carbonyl (C=O) groups is 2. The quantitative estimate of drug-likeness (QED) is 0.630. The number of hydrogen-bond acceptors (Lipinski definition) is 4. The molecule has 5 nitrogen and oxygen atoms in total. The molecule has 5 heteroatoms. The van der Waals surface area contributed by atoms with E-state index in [1.807, 2.05) is 24.3 Å².